The zero-order valence-electron chi connectivity index (χ0n) is 12.0. The quantitative estimate of drug-likeness (QED) is 0.689. The van der Waals surface area contributed by atoms with Gasteiger partial charge in [-0.25, -0.2) is 0 Å². The predicted octanol–water partition coefficient (Wildman–Crippen LogP) is 1.54. The summed E-state index contributed by atoms with van der Waals surface area (Å²) in [7, 11) is -3.67. The van der Waals surface area contributed by atoms with Crippen molar-refractivity contribution < 1.29 is 22.5 Å². The van der Waals surface area contributed by atoms with Gasteiger partial charge in [0.05, 0.1) is 0 Å². The number of hydrogen-bond acceptors (Lipinski definition) is 3. The van der Waals surface area contributed by atoms with Gasteiger partial charge in [-0.05, 0) is 0 Å². The summed E-state index contributed by atoms with van der Waals surface area (Å²) in [6.07, 6.45) is -0.167. The Morgan fingerprint density at radius 2 is 1.63 bits per heavy atom. The second kappa shape index (κ2) is 9.62. The van der Waals surface area contributed by atoms with Crippen molar-refractivity contribution in [2.75, 3.05) is 26.8 Å². The van der Waals surface area contributed by atoms with Crippen LogP contribution in [-0.2, 0) is 4.74 Å². The molecule has 9 heteroatoms. The Kier molecular flexibility index (Phi) is 9.99. The van der Waals surface area contributed by atoms with E-state index in [2.05, 4.69) is 4.90 Å². The van der Waals surface area contributed by atoms with Crippen LogP contribution >= 0.6 is 0 Å². The zero-order valence-corrected chi connectivity index (χ0v) is 15.1. The van der Waals surface area contributed by atoms with Gasteiger partial charge in [0.2, 0.25) is 0 Å². The molecule has 0 spiro atoms. The molecule has 0 radical (unpaired) electrons. The minimum atomic E-state index is -3.67. The Morgan fingerprint density at radius 3 is 1.95 bits per heavy atom. The number of carbonyl (C=O) groups excluding carboxylic acids is 1. The van der Waals surface area contributed by atoms with Crippen LogP contribution in [0.5, 0.6) is 0 Å². The fraction of sp³-hybridized carbons (Fsp3) is 0.900. The molecule has 0 bridgehead atoms. The molecule has 106 valence electrons. The van der Waals surface area contributed by atoms with Gasteiger partial charge in [0, 0.05) is 0 Å². The molecule has 1 heterocycles. The molecule has 4 nitrogen and oxygen atoms in total. The Hall–Kier alpha value is 0.721. The maximum absolute atomic E-state index is 11.7. The van der Waals surface area contributed by atoms with Gasteiger partial charge in [0.25, 0.3) is 0 Å². The first kappa shape index (κ1) is 19.7. The summed E-state index contributed by atoms with van der Waals surface area (Å²) in [6.45, 7) is 9.33. The van der Waals surface area contributed by atoms with Gasteiger partial charge < -0.3 is 0 Å². The Morgan fingerprint density at radius 1 is 1.21 bits per heavy atom. The van der Waals surface area contributed by atoms with E-state index in [1.54, 1.807) is 0 Å². The Labute approximate surface area is 146 Å². The van der Waals surface area contributed by atoms with Crippen molar-refractivity contribution in [1.29, 1.82) is 0 Å². The number of nitrogens with zero attached hydrogens (tertiary/aromatic N) is 2. The van der Waals surface area contributed by atoms with Crippen molar-refractivity contribution in [1.82, 2.24) is 9.80 Å². The third-order valence-electron chi connectivity index (χ3n) is 2.47. The molecule has 19 heavy (non-hydrogen) atoms. The molecule has 0 aromatic carbocycles. The summed E-state index contributed by atoms with van der Waals surface area (Å²) in [5.74, 6) is 0. The normalized spacial score (nSPS) is 16.5. The fourth-order valence-electron chi connectivity index (χ4n) is 1.57. The van der Waals surface area contributed by atoms with Crippen molar-refractivity contribution in [3.8, 4) is 0 Å². The van der Waals surface area contributed by atoms with Crippen molar-refractivity contribution in [2.24, 2.45) is 0 Å². The molecule has 0 aromatic rings. The predicted molar refractivity (Wildman–Crippen MR) is 69.1 cm³/mol. The van der Waals surface area contributed by atoms with E-state index in [0.29, 0.717) is 0 Å². The molecule has 1 saturated heterocycles. The minimum absolute atomic E-state index is 0.167. The minimum Gasteiger partial charge on any atom is -0.254 e. The summed E-state index contributed by atoms with van der Waals surface area (Å²) in [5, 5.41) is 0. The second-order valence-electron chi connectivity index (χ2n) is 5.15. The van der Waals surface area contributed by atoms with E-state index in [0.717, 1.165) is 75.1 Å². The molecule has 1 fully saturated rings. The van der Waals surface area contributed by atoms with Crippen LogP contribution in [0.1, 0.15) is 20.8 Å². The summed E-state index contributed by atoms with van der Waals surface area (Å²) in [5.41, 5.74) is -0.381. The van der Waals surface area contributed by atoms with E-state index in [-0.39, 0.29) is 11.7 Å². The van der Waals surface area contributed by atoms with Crippen LogP contribution < -0.4 is 0 Å². The monoisotopic (exact) mass is 306 g/mol. The third kappa shape index (κ3) is 11.1. The number of carbonyl (C=O) groups is 1. The first-order chi connectivity index (χ1) is 8.65. The Bertz CT molecular complexity index is 269. The molecule has 1 aliphatic rings. The summed E-state index contributed by atoms with van der Waals surface area (Å²) in [4.78, 5) is 15.9. The van der Waals surface area contributed by atoms with E-state index in [4.69, 9.17) is 4.74 Å². The molecule has 1 rings (SSSR count). The molecule has 0 atom stereocenters. The van der Waals surface area contributed by atoms with E-state index in [1.165, 1.54) is 0.639 Å². The van der Waals surface area contributed by atoms with Gasteiger partial charge in [0.15, 0.2) is 0 Å². The van der Waals surface area contributed by atoms with Crippen LogP contribution in [0.2, 0.25) is 0 Å². The fourth-order valence-corrected chi connectivity index (χ4v) is 2.56. The molecule has 0 saturated carbocycles. The largest absolute Gasteiger partial charge is 0.762 e. The van der Waals surface area contributed by atoms with Crippen LogP contribution in [0, 0.1) is 0 Å². The van der Waals surface area contributed by atoms with Gasteiger partial charge in [0.1, 0.15) is 0 Å². The molecule has 0 N–H and O–H groups in total. The van der Waals surface area contributed by atoms with E-state index in [9.17, 15) is 17.7 Å². The van der Waals surface area contributed by atoms with Crippen LogP contribution in [-0.4, -0.2) is 105 Å². The molecule has 0 aromatic heterocycles. The van der Waals surface area contributed by atoms with Crippen molar-refractivity contribution in [2.45, 2.75) is 26.4 Å². The van der Waals surface area contributed by atoms with Crippen molar-refractivity contribution >= 4 is 62.6 Å². The van der Waals surface area contributed by atoms with Gasteiger partial charge in [-0.15, -0.1) is 0 Å². The molecule has 1 amide bonds. The number of amides is 1. The van der Waals surface area contributed by atoms with Gasteiger partial charge in [-0.1, -0.05) is 0 Å². The second-order valence-corrected chi connectivity index (χ2v) is 6.14. The summed E-state index contributed by atoms with van der Waals surface area (Å²) in [6, 6.07) is 0. The average Bonchev–Trinajstić information content (AvgIpc) is 2.26. The topological polar surface area (TPSA) is 32.8 Å². The van der Waals surface area contributed by atoms with E-state index in [1.807, 2.05) is 25.7 Å². The maximum Gasteiger partial charge on any atom is 0.762 e. The van der Waals surface area contributed by atoms with Gasteiger partial charge in [-0.3, -0.25) is 12.9 Å². The smallest absolute Gasteiger partial charge is 0.254 e. The first-order valence-corrected chi connectivity index (χ1v) is 8.49. The molecular weight excluding hydrogens is 287 g/mol. The van der Waals surface area contributed by atoms with E-state index >= 15 is 0 Å². The molecular formula is C10H19BF3KN2O2. The molecule has 1 aliphatic heterocycles. The Balaban J connectivity index is 0.000000711. The SMILES string of the molecule is CC(C)(C)OC(=O)N1CCN([CH2][K])CC1.FB(F)F. The molecule has 0 unspecified atom stereocenters. The van der Waals surface area contributed by atoms with Gasteiger partial charge in [-0.2, -0.15) is 0 Å². The van der Waals surface area contributed by atoms with Crippen molar-refractivity contribution in [3.63, 3.8) is 0 Å². The number of ether oxygens (including phenoxy) is 1. The van der Waals surface area contributed by atoms with Crippen molar-refractivity contribution in [3.05, 3.63) is 0 Å². The first-order valence-electron chi connectivity index (χ1n) is 6.28. The van der Waals surface area contributed by atoms with Crippen LogP contribution in [0.3, 0.4) is 0 Å². The third-order valence-corrected chi connectivity index (χ3v) is 3.87. The average molecular weight is 306 g/mol. The van der Waals surface area contributed by atoms with Crippen LogP contribution in [0.15, 0.2) is 0 Å². The summed E-state index contributed by atoms with van der Waals surface area (Å²) < 4.78 is 35.6. The van der Waals surface area contributed by atoms with E-state index < -0.39 is 7.54 Å². The van der Waals surface area contributed by atoms with Crippen LogP contribution in [0.4, 0.5) is 17.7 Å². The maximum atomic E-state index is 11.7. The summed E-state index contributed by atoms with van der Waals surface area (Å²) >= 11 is 0.876. The number of piperazine rings is 1. The van der Waals surface area contributed by atoms with Crippen LogP contribution in [0.25, 0.3) is 0 Å². The number of hydrogen-bond donors (Lipinski definition) is 0. The standard InChI is InChI=1S/C10H19N2O2.BF3.K/c1-10(2,3)14-9(13)12-7-5-11(4)6-8-12;2-1(3)4;/h4-8H2,1-3H3;;. The number of rotatable bonds is 1. The number of halogens is 3. The molecule has 0 aliphatic carbocycles. The van der Waals surface area contributed by atoms with Gasteiger partial charge >= 0.3 is 135 Å². The zero-order chi connectivity index (χ0) is 15.1.